The van der Waals surface area contributed by atoms with E-state index in [0.717, 1.165) is 19.5 Å². The molecule has 108 valence electrons. The van der Waals surface area contributed by atoms with Crippen LogP contribution in [0.5, 0.6) is 0 Å². The third-order valence-corrected chi connectivity index (χ3v) is 5.68. The lowest BCUT2D eigenvalue weighted by Crippen LogP contribution is -2.30. The van der Waals surface area contributed by atoms with Gasteiger partial charge in [0.05, 0.1) is 23.7 Å². The third-order valence-electron chi connectivity index (χ3n) is 3.28. The maximum absolute atomic E-state index is 12.1. The third kappa shape index (κ3) is 5.22. The SMILES string of the molecule is COCCNCCCCS(=O)(=O)C1CCOC1C. The van der Waals surface area contributed by atoms with E-state index in [1.807, 2.05) is 6.92 Å². The van der Waals surface area contributed by atoms with Crippen LogP contribution in [0.4, 0.5) is 0 Å². The van der Waals surface area contributed by atoms with E-state index < -0.39 is 9.84 Å². The molecule has 1 aliphatic heterocycles. The molecule has 0 spiro atoms. The molecular formula is C12H25NO4S. The second kappa shape index (κ2) is 8.09. The molecule has 1 fully saturated rings. The molecule has 18 heavy (non-hydrogen) atoms. The van der Waals surface area contributed by atoms with Gasteiger partial charge in [-0.15, -0.1) is 0 Å². The van der Waals surface area contributed by atoms with Gasteiger partial charge in [-0.2, -0.15) is 0 Å². The molecule has 0 aliphatic carbocycles. The smallest absolute Gasteiger partial charge is 0.155 e. The van der Waals surface area contributed by atoms with Gasteiger partial charge in [-0.3, -0.25) is 0 Å². The lowest BCUT2D eigenvalue weighted by atomic mass is 10.3. The fraction of sp³-hybridized carbons (Fsp3) is 1.00. The van der Waals surface area contributed by atoms with Crippen molar-refractivity contribution in [2.75, 3.05) is 39.2 Å². The molecule has 0 radical (unpaired) electrons. The van der Waals surface area contributed by atoms with Crippen LogP contribution in [-0.4, -0.2) is 58.9 Å². The maximum atomic E-state index is 12.1. The van der Waals surface area contributed by atoms with E-state index >= 15 is 0 Å². The minimum absolute atomic E-state index is 0.144. The van der Waals surface area contributed by atoms with Gasteiger partial charge in [0, 0.05) is 20.3 Å². The molecule has 1 rings (SSSR count). The van der Waals surface area contributed by atoms with Crippen molar-refractivity contribution < 1.29 is 17.9 Å². The summed E-state index contributed by atoms with van der Waals surface area (Å²) in [5.41, 5.74) is 0. The van der Waals surface area contributed by atoms with Crippen LogP contribution in [0.2, 0.25) is 0 Å². The highest BCUT2D eigenvalue weighted by Gasteiger charge is 2.34. The molecule has 1 N–H and O–H groups in total. The van der Waals surface area contributed by atoms with Crippen LogP contribution in [-0.2, 0) is 19.3 Å². The number of nitrogens with one attached hydrogen (secondary N) is 1. The van der Waals surface area contributed by atoms with Crippen LogP contribution in [0.1, 0.15) is 26.2 Å². The first-order valence-corrected chi connectivity index (χ1v) is 8.32. The molecule has 6 heteroatoms. The van der Waals surface area contributed by atoms with Crippen LogP contribution in [0.25, 0.3) is 0 Å². The Bertz CT molecular complexity index is 318. The van der Waals surface area contributed by atoms with Crippen molar-refractivity contribution in [3.63, 3.8) is 0 Å². The largest absolute Gasteiger partial charge is 0.383 e. The lowest BCUT2D eigenvalue weighted by molar-refractivity contribution is 0.126. The van der Waals surface area contributed by atoms with Crippen LogP contribution in [0.15, 0.2) is 0 Å². The topological polar surface area (TPSA) is 64.6 Å². The second-order valence-corrected chi connectivity index (χ2v) is 7.06. The number of ether oxygens (including phenoxy) is 2. The average Bonchev–Trinajstić information content (AvgIpc) is 2.75. The predicted octanol–water partition coefficient (Wildman–Crippen LogP) is 0.595. The summed E-state index contributed by atoms with van der Waals surface area (Å²) in [5.74, 6) is 0.275. The van der Waals surface area contributed by atoms with Crippen molar-refractivity contribution in [3.05, 3.63) is 0 Å². The van der Waals surface area contributed by atoms with E-state index in [0.29, 0.717) is 26.1 Å². The fourth-order valence-electron chi connectivity index (χ4n) is 2.19. The van der Waals surface area contributed by atoms with E-state index in [4.69, 9.17) is 9.47 Å². The molecule has 1 heterocycles. The summed E-state index contributed by atoms with van der Waals surface area (Å²) in [7, 11) is -1.32. The molecule has 0 saturated carbocycles. The summed E-state index contributed by atoms with van der Waals surface area (Å²) in [6.45, 7) is 4.77. The standard InChI is InChI=1S/C12H25NO4S/c1-11-12(5-8-17-11)18(14,15)10-4-3-6-13-7-9-16-2/h11-13H,3-10H2,1-2H3. The van der Waals surface area contributed by atoms with Gasteiger partial charge in [0.2, 0.25) is 0 Å². The number of rotatable bonds is 9. The van der Waals surface area contributed by atoms with Crippen LogP contribution < -0.4 is 5.32 Å². The molecular weight excluding hydrogens is 254 g/mol. The Morgan fingerprint density at radius 2 is 2.11 bits per heavy atom. The Kier molecular flexibility index (Phi) is 7.14. The second-order valence-electron chi connectivity index (χ2n) is 4.72. The number of unbranched alkanes of at least 4 members (excludes halogenated alkanes) is 1. The van der Waals surface area contributed by atoms with Crippen LogP contribution >= 0.6 is 0 Å². The normalized spacial score (nSPS) is 24.6. The highest BCUT2D eigenvalue weighted by Crippen LogP contribution is 2.22. The first kappa shape index (κ1) is 15.9. The summed E-state index contributed by atoms with van der Waals surface area (Å²) in [6.07, 6.45) is 2.10. The number of hydrogen-bond acceptors (Lipinski definition) is 5. The Balaban J connectivity index is 2.14. The van der Waals surface area contributed by atoms with Gasteiger partial charge in [-0.1, -0.05) is 0 Å². The van der Waals surface area contributed by atoms with Gasteiger partial charge in [-0.05, 0) is 32.7 Å². The van der Waals surface area contributed by atoms with E-state index in [1.54, 1.807) is 7.11 Å². The number of sulfone groups is 1. The molecule has 0 aromatic heterocycles. The highest BCUT2D eigenvalue weighted by molar-refractivity contribution is 7.92. The van der Waals surface area contributed by atoms with E-state index in [1.165, 1.54) is 0 Å². The summed E-state index contributed by atoms with van der Waals surface area (Å²) in [4.78, 5) is 0. The number of hydrogen-bond donors (Lipinski definition) is 1. The minimum atomic E-state index is -2.98. The number of methoxy groups -OCH3 is 1. The average molecular weight is 279 g/mol. The zero-order valence-electron chi connectivity index (χ0n) is 11.4. The molecule has 1 saturated heterocycles. The van der Waals surface area contributed by atoms with Gasteiger partial charge in [-0.25, -0.2) is 8.42 Å². The summed E-state index contributed by atoms with van der Waals surface area (Å²) in [5, 5.41) is 2.91. The minimum Gasteiger partial charge on any atom is -0.383 e. The molecule has 2 atom stereocenters. The van der Waals surface area contributed by atoms with Crippen LogP contribution in [0, 0.1) is 0 Å². The molecule has 0 aromatic carbocycles. The van der Waals surface area contributed by atoms with Crippen molar-refractivity contribution in [3.8, 4) is 0 Å². The van der Waals surface area contributed by atoms with Gasteiger partial charge < -0.3 is 14.8 Å². The van der Waals surface area contributed by atoms with E-state index in [-0.39, 0.29) is 17.1 Å². The molecule has 5 nitrogen and oxygen atoms in total. The maximum Gasteiger partial charge on any atom is 0.155 e. The zero-order valence-corrected chi connectivity index (χ0v) is 12.2. The van der Waals surface area contributed by atoms with Gasteiger partial charge in [0.15, 0.2) is 9.84 Å². The van der Waals surface area contributed by atoms with Crippen molar-refractivity contribution in [2.45, 2.75) is 37.5 Å². The molecule has 0 amide bonds. The zero-order chi connectivity index (χ0) is 13.4. The first-order valence-electron chi connectivity index (χ1n) is 6.61. The summed E-state index contributed by atoms with van der Waals surface area (Å²) >= 11 is 0. The lowest BCUT2D eigenvalue weighted by Gasteiger charge is -2.14. The molecule has 2 unspecified atom stereocenters. The van der Waals surface area contributed by atoms with Crippen LogP contribution in [0.3, 0.4) is 0 Å². The molecule has 1 aliphatic rings. The van der Waals surface area contributed by atoms with E-state index in [9.17, 15) is 8.42 Å². The monoisotopic (exact) mass is 279 g/mol. The first-order chi connectivity index (χ1) is 8.58. The molecule has 0 bridgehead atoms. The Hall–Kier alpha value is -0.170. The van der Waals surface area contributed by atoms with Crippen molar-refractivity contribution in [1.82, 2.24) is 5.32 Å². The summed E-state index contributed by atoms with van der Waals surface area (Å²) in [6, 6.07) is 0. The van der Waals surface area contributed by atoms with Crippen molar-refractivity contribution in [2.24, 2.45) is 0 Å². The predicted molar refractivity (Wildman–Crippen MR) is 71.6 cm³/mol. The van der Waals surface area contributed by atoms with E-state index in [2.05, 4.69) is 5.32 Å². The Morgan fingerprint density at radius 3 is 2.72 bits per heavy atom. The van der Waals surface area contributed by atoms with Gasteiger partial charge >= 0.3 is 0 Å². The quantitative estimate of drug-likeness (QED) is 0.626. The Labute approximate surface area is 110 Å². The highest BCUT2D eigenvalue weighted by atomic mass is 32.2. The fourth-order valence-corrected chi connectivity index (χ4v) is 4.21. The van der Waals surface area contributed by atoms with Gasteiger partial charge in [0.1, 0.15) is 0 Å². The van der Waals surface area contributed by atoms with Gasteiger partial charge in [0.25, 0.3) is 0 Å². The van der Waals surface area contributed by atoms with Crippen molar-refractivity contribution >= 4 is 9.84 Å². The Morgan fingerprint density at radius 1 is 1.33 bits per heavy atom. The molecule has 0 aromatic rings. The van der Waals surface area contributed by atoms with Crippen molar-refractivity contribution in [1.29, 1.82) is 0 Å². The summed E-state index contributed by atoms with van der Waals surface area (Å²) < 4.78 is 34.3.